The fraction of sp³-hybridized carbons (Fsp3) is 0.214. The molecule has 0 heterocycles. The van der Waals surface area contributed by atoms with Crippen LogP contribution in [0.2, 0.25) is 0 Å². The third kappa shape index (κ3) is 15.0. The highest BCUT2D eigenvalue weighted by molar-refractivity contribution is 7.86. The van der Waals surface area contributed by atoms with Crippen LogP contribution < -0.4 is 14.8 Å². The molecular formula is C56H55N9O12S3. The van der Waals surface area contributed by atoms with Crippen molar-refractivity contribution >= 4 is 109 Å². The molecule has 0 radical (unpaired) electrons. The van der Waals surface area contributed by atoms with Gasteiger partial charge in [-0.05, 0) is 190 Å². The number of nitrogens with one attached hydrogen (secondary N) is 1. The van der Waals surface area contributed by atoms with Crippen molar-refractivity contribution in [2.45, 2.75) is 59.3 Å². The minimum Gasteiger partial charge on any atom is -0.505 e. The number of hydrogen-bond acceptors (Lipinski definition) is 18. The Kier molecular flexibility index (Phi) is 17.6. The van der Waals surface area contributed by atoms with E-state index in [9.17, 15) is 39.5 Å². The molecule has 0 saturated heterocycles. The molecule has 0 spiro atoms. The Morgan fingerprint density at radius 3 is 1.48 bits per heavy atom. The lowest BCUT2D eigenvalue weighted by atomic mass is 10.1. The van der Waals surface area contributed by atoms with Crippen molar-refractivity contribution in [2.75, 3.05) is 30.0 Å². The van der Waals surface area contributed by atoms with Gasteiger partial charge < -0.3 is 19.9 Å². The molecule has 24 heteroatoms. The molecule has 414 valence electrons. The zero-order valence-electron chi connectivity index (χ0n) is 44.1. The van der Waals surface area contributed by atoms with E-state index in [0.717, 1.165) is 27.6 Å². The van der Waals surface area contributed by atoms with Gasteiger partial charge in [0.1, 0.15) is 27.8 Å². The first kappa shape index (κ1) is 57.8. The lowest BCUT2D eigenvalue weighted by Crippen LogP contribution is -2.08. The van der Waals surface area contributed by atoms with Crippen LogP contribution in [0.1, 0.15) is 46.2 Å². The second kappa shape index (κ2) is 24.3. The number of rotatable bonds is 21. The minimum atomic E-state index is -4.86. The van der Waals surface area contributed by atoms with Crippen molar-refractivity contribution in [1.29, 1.82) is 0 Å². The van der Waals surface area contributed by atoms with Gasteiger partial charge in [0.15, 0.2) is 5.75 Å². The average molecular weight is 1140 g/mol. The number of phenols is 1. The van der Waals surface area contributed by atoms with Crippen LogP contribution in [-0.2, 0) is 30.4 Å². The van der Waals surface area contributed by atoms with Gasteiger partial charge in [-0.3, -0.25) is 13.7 Å². The second-order valence-corrected chi connectivity index (χ2v) is 23.4. The van der Waals surface area contributed by atoms with Crippen molar-refractivity contribution in [3.05, 3.63) is 155 Å². The summed E-state index contributed by atoms with van der Waals surface area (Å²) in [6.07, 6.45) is 0.0972. The number of para-hydroxylation sites is 1. The molecule has 0 saturated carbocycles. The van der Waals surface area contributed by atoms with Crippen molar-refractivity contribution < 1.29 is 53.5 Å². The first-order valence-corrected chi connectivity index (χ1v) is 29.4. The van der Waals surface area contributed by atoms with Crippen LogP contribution >= 0.6 is 0 Å². The summed E-state index contributed by atoms with van der Waals surface area (Å²) in [5, 5.41) is 52.3. The molecule has 5 N–H and O–H groups in total. The van der Waals surface area contributed by atoms with Gasteiger partial charge in [0.2, 0.25) is 0 Å². The van der Waals surface area contributed by atoms with Crippen LogP contribution in [0.4, 0.5) is 56.9 Å². The number of phenolic OH excluding ortho intramolecular Hbond substituents is 1. The molecule has 0 amide bonds. The molecule has 0 aliphatic carbocycles. The Morgan fingerprint density at radius 1 is 0.450 bits per heavy atom. The minimum absolute atomic E-state index is 0.0146. The molecule has 0 fully saturated rings. The summed E-state index contributed by atoms with van der Waals surface area (Å²) in [6, 6.07) is 35.1. The van der Waals surface area contributed by atoms with Crippen LogP contribution in [0, 0.1) is 41.5 Å². The number of anilines is 2. The maximum Gasteiger partial charge on any atom is 0.296 e. The Morgan fingerprint density at radius 2 is 0.925 bits per heavy atom. The monoisotopic (exact) mass is 1140 g/mol. The summed E-state index contributed by atoms with van der Waals surface area (Å²) in [7, 11) is -13.2. The van der Waals surface area contributed by atoms with Crippen molar-refractivity contribution in [3.63, 3.8) is 0 Å². The average Bonchev–Trinajstić information content (AvgIpc) is 3.38. The molecule has 8 aromatic carbocycles. The number of fused-ring (bicyclic) bond motifs is 2. The van der Waals surface area contributed by atoms with Gasteiger partial charge >= 0.3 is 0 Å². The predicted octanol–water partition coefficient (Wildman–Crippen LogP) is 15.5. The zero-order chi connectivity index (χ0) is 57.5. The van der Waals surface area contributed by atoms with E-state index in [4.69, 9.17) is 14.0 Å². The van der Waals surface area contributed by atoms with Crippen LogP contribution in [-0.4, -0.2) is 68.7 Å². The SMILES string of the molecule is Cc1cc(OCCCS(=O)(=O)O)c2ccc(N=Nc3cc(OCCCS(=O)(=O)O)c(N=Nc4cc(C)c(N=Nc5cc(C)c(N=Nc6c(S(=O)(=O)O)cc7cc(Nc8ccccc8)ccc7c6O)cc5C)cc4C)cc3C)cc2c1. The van der Waals surface area contributed by atoms with Gasteiger partial charge in [0.25, 0.3) is 30.4 Å². The van der Waals surface area contributed by atoms with Crippen molar-refractivity contribution in [2.24, 2.45) is 40.9 Å². The van der Waals surface area contributed by atoms with E-state index in [0.29, 0.717) is 84.3 Å². The number of ether oxygens (including phenoxy) is 2. The number of benzene rings is 8. The summed E-state index contributed by atoms with van der Waals surface area (Å²) in [4.78, 5) is -0.619. The molecule has 0 aromatic heterocycles. The predicted molar refractivity (Wildman–Crippen MR) is 307 cm³/mol. The van der Waals surface area contributed by atoms with E-state index in [2.05, 4.69) is 46.2 Å². The lowest BCUT2D eigenvalue weighted by molar-refractivity contribution is 0.317. The molecule has 21 nitrogen and oxygen atoms in total. The number of nitrogens with zero attached hydrogens (tertiary/aromatic N) is 8. The quantitative estimate of drug-likeness (QED) is 0.0254. The molecule has 0 atom stereocenters. The number of azo groups is 4. The van der Waals surface area contributed by atoms with Crippen molar-refractivity contribution in [1.82, 2.24) is 0 Å². The number of hydrogen-bond donors (Lipinski definition) is 5. The highest BCUT2D eigenvalue weighted by atomic mass is 32.2. The van der Waals surface area contributed by atoms with Crippen LogP contribution in [0.15, 0.2) is 167 Å². The van der Waals surface area contributed by atoms with Gasteiger partial charge in [-0.2, -0.15) is 55.9 Å². The summed E-state index contributed by atoms with van der Waals surface area (Å²) in [5.74, 6) is -0.633. The van der Waals surface area contributed by atoms with Crippen molar-refractivity contribution in [3.8, 4) is 17.2 Å². The Bertz CT molecular complexity index is 4180. The standard InChI is InChI=1S/C56H55N9O12S3/c1-33-22-39-30-43(15-16-44(39)52(23-33)76-18-10-20-78(67,68)69)58-59-50-32-53(77-19-11-21-79(70,71)72)51(28-38(50)6)64-62-48-25-34(2)46(24-35(48)3)60-61-47-26-37(5)49(27-36(47)4)63-65-55-54(80(73,74)75)31-40-29-42(14-17-45(40)56(55)66)57-41-12-8-7-9-13-41/h7-9,12-17,22-32,57,66H,10-11,18-21H2,1-6H3,(H,67,68,69)(H,70,71,72)(H,73,74,75). The Balaban J connectivity index is 0.998. The maximum absolute atomic E-state index is 12.6. The zero-order valence-corrected chi connectivity index (χ0v) is 46.6. The highest BCUT2D eigenvalue weighted by Gasteiger charge is 2.23. The summed E-state index contributed by atoms with van der Waals surface area (Å²) < 4.78 is 111. The number of aryl methyl sites for hydroxylation is 6. The fourth-order valence-corrected chi connectivity index (χ4v) is 9.92. The van der Waals surface area contributed by atoms with E-state index < -0.39 is 58.2 Å². The third-order valence-electron chi connectivity index (χ3n) is 12.4. The van der Waals surface area contributed by atoms with Crippen LogP contribution in [0.5, 0.6) is 17.2 Å². The Labute approximate surface area is 462 Å². The van der Waals surface area contributed by atoms with Gasteiger partial charge in [-0.1, -0.05) is 24.3 Å². The van der Waals surface area contributed by atoms with Crippen LogP contribution in [0.25, 0.3) is 21.5 Å². The van der Waals surface area contributed by atoms with Crippen LogP contribution in [0.3, 0.4) is 0 Å². The smallest absolute Gasteiger partial charge is 0.296 e. The highest BCUT2D eigenvalue weighted by Crippen LogP contribution is 2.44. The second-order valence-electron chi connectivity index (χ2n) is 18.9. The maximum atomic E-state index is 12.6. The van der Waals surface area contributed by atoms with E-state index in [-0.39, 0.29) is 31.8 Å². The number of aromatic hydroxyl groups is 1. The fourth-order valence-electron chi connectivity index (χ4n) is 8.30. The van der Waals surface area contributed by atoms with Gasteiger partial charge in [-0.25, -0.2) is 0 Å². The van der Waals surface area contributed by atoms with E-state index in [1.54, 1.807) is 81.4 Å². The van der Waals surface area contributed by atoms with Gasteiger partial charge in [0, 0.05) is 28.2 Å². The molecule has 8 rings (SSSR count). The lowest BCUT2D eigenvalue weighted by Gasteiger charge is -2.12. The molecule has 0 aliphatic rings. The normalized spacial score (nSPS) is 12.5. The molecule has 80 heavy (non-hydrogen) atoms. The topological polar surface area (TPSA) is 313 Å². The van der Waals surface area contributed by atoms with Gasteiger partial charge in [0.05, 0.1) is 58.8 Å². The summed E-state index contributed by atoms with van der Waals surface area (Å²) in [6.45, 7) is 10.9. The van der Waals surface area contributed by atoms with E-state index in [1.165, 1.54) is 6.07 Å². The largest absolute Gasteiger partial charge is 0.505 e. The molecule has 8 aromatic rings. The Hall–Kier alpha value is -8.39. The molecule has 0 bridgehead atoms. The molecular weight excluding hydrogens is 1090 g/mol. The van der Waals surface area contributed by atoms with Gasteiger partial charge in [-0.15, -0.1) is 10.2 Å². The third-order valence-corrected chi connectivity index (χ3v) is 14.9. The first-order valence-electron chi connectivity index (χ1n) is 24.7. The molecule has 0 unspecified atom stereocenters. The summed E-state index contributed by atoms with van der Waals surface area (Å²) in [5.41, 5.74) is 8.42. The van der Waals surface area contributed by atoms with E-state index in [1.807, 2.05) is 75.4 Å². The summed E-state index contributed by atoms with van der Waals surface area (Å²) >= 11 is 0. The van der Waals surface area contributed by atoms with E-state index >= 15 is 0 Å². The molecule has 0 aliphatic heterocycles. The first-order chi connectivity index (χ1) is 37.9.